The molecule has 5 heteroatoms. The van der Waals surface area contributed by atoms with Gasteiger partial charge < -0.3 is 15.3 Å². The van der Waals surface area contributed by atoms with Crippen LogP contribution in [0.5, 0.6) is 0 Å². The van der Waals surface area contributed by atoms with Crippen LogP contribution >= 0.6 is 0 Å². The minimum Gasteiger partial charge on any atom is -0.478 e. The lowest BCUT2D eigenvalue weighted by atomic mass is 10.1. The van der Waals surface area contributed by atoms with Crippen LogP contribution in [0.1, 0.15) is 42.1 Å². The maximum Gasteiger partial charge on any atom is 0.335 e. The number of hydrogen-bond acceptors (Lipinski definition) is 2. The highest BCUT2D eigenvalue weighted by Crippen LogP contribution is 2.05. The van der Waals surface area contributed by atoms with Gasteiger partial charge in [-0.05, 0) is 30.5 Å². The number of carbonyl (C=O) groups is 2. The second-order valence-electron chi connectivity index (χ2n) is 5.12. The summed E-state index contributed by atoms with van der Waals surface area (Å²) in [6.45, 7) is 3.39. The summed E-state index contributed by atoms with van der Waals surface area (Å²) in [6.07, 6.45) is 3.89. The van der Waals surface area contributed by atoms with E-state index in [4.69, 9.17) is 5.11 Å². The van der Waals surface area contributed by atoms with Crippen LogP contribution in [0.15, 0.2) is 24.3 Å². The molecule has 116 valence electrons. The van der Waals surface area contributed by atoms with Crippen molar-refractivity contribution in [3.05, 3.63) is 35.4 Å². The molecule has 1 aromatic carbocycles. The summed E-state index contributed by atoms with van der Waals surface area (Å²) < 4.78 is 0. The third kappa shape index (κ3) is 6.29. The van der Waals surface area contributed by atoms with Crippen LogP contribution in [0.3, 0.4) is 0 Å². The van der Waals surface area contributed by atoms with Gasteiger partial charge in [0.05, 0.1) is 5.56 Å². The Morgan fingerprint density at radius 1 is 1.29 bits per heavy atom. The number of hydrogen-bond donors (Lipinski definition) is 2. The average molecular weight is 292 g/mol. The molecule has 0 saturated carbocycles. The molecule has 2 N–H and O–H groups in total. The Kier molecular flexibility index (Phi) is 7.29. The van der Waals surface area contributed by atoms with Crippen molar-refractivity contribution in [2.75, 3.05) is 20.1 Å². The number of rotatable bonds is 8. The summed E-state index contributed by atoms with van der Waals surface area (Å²) in [6, 6.07) is 6.70. The summed E-state index contributed by atoms with van der Waals surface area (Å²) in [5.41, 5.74) is 1.18. The molecule has 0 aliphatic carbocycles. The number of nitrogens with zero attached hydrogens (tertiary/aromatic N) is 1. The Bertz CT molecular complexity index is 474. The van der Waals surface area contributed by atoms with Crippen molar-refractivity contribution in [3.8, 4) is 0 Å². The molecule has 0 atom stereocenters. The third-order valence-electron chi connectivity index (χ3n) is 3.31. The lowest BCUT2D eigenvalue weighted by Crippen LogP contribution is -2.38. The number of aromatic carboxylic acids is 1. The molecule has 0 unspecified atom stereocenters. The van der Waals surface area contributed by atoms with E-state index in [9.17, 15) is 9.59 Å². The molecule has 1 aromatic rings. The number of carboxylic acids is 1. The van der Waals surface area contributed by atoms with Crippen LogP contribution in [-0.4, -0.2) is 42.1 Å². The number of carboxylic acid groups (broad SMARTS) is 1. The Labute approximate surface area is 126 Å². The minimum absolute atomic E-state index is 0.0829. The molecule has 1 rings (SSSR count). The smallest absolute Gasteiger partial charge is 0.335 e. The molecular formula is C16H24N2O3. The number of amides is 2. The normalized spacial score (nSPS) is 10.2. The van der Waals surface area contributed by atoms with E-state index in [1.54, 1.807) is 30.1 Å². The second kappa shape index (κ2) is 9.00. The lowest BCUT2D eigenvalue weighted by molar-refractivity contribution is 0.0696. The second-order valence-corrected chi connectivity index (χ2v) is 5.12. The van der Waals surface area contributed by atoms with E-state index in [-0.39, 0.29) is 11.6 Å². The van der Waals surface area contributed by atoms with Gasteiger partial charge >= 0.3 is 12.0 Å². The fourth-order valence-electron chi connectivity index (χ4n) is 2.01. The molecule has 0 aliphatic heterocycles. The maximum atomic E-state index is 11.8. The molecule has 0 aromatic heterocycles. The van der Waals surface area contributed by atoms with Gasteiger partial charge in [0.15, 0.2) is 0 Å². The molecule has 21 heavy (non-hydrogen) atoms. The van der Waals surface area contributed by atoms with E-state index >= 15 is 0 Å². The highest BCUT2D eigenvalue weighted by atomic mass is 16.4. The summed E-state index contributed by atoms with van der Waals surface area (Å²) in [4.78, 5) is 24.4. The number of unbranched alkanes of at least 4 members (excludes halogenated alkanes) is 2. The first kappa shape index (κ1) is 17.0. The van der Waals surface area contributed by atoms with Gasteiger partial charge in [0, 0.05) is 20.1 Å². The summed E-state index contributed by atoms with van der Waals surface area (Å²) in [7, 11) is 1.79. The van der Waals surface area contributed by atoms with E-state index in [0.717, 1.165) is 31.4 Å². The van der Waals surface area contributed by atoms with Crippen molar-refractivity contribution in [1.29, 1.82) is 0 Å². The van der Waals surface area contributed by atoms with Gasteiger partial charge in [-0.2, -0.15) is 0 Å². The lowest BCUT2D eigenvalue weighted by Gasteiger charge is -2.17. The number of urea groups is 1. The molecule has 0 fully saturated rings. The quantitative estimate of drug-likeness (QED) is 0.724. The number of nitrogens with one attached hydrogen (secondary N) is 1. The van der Waals surface area contributed by atoms with Gasteiger partial charge in [-0.3, -0.25) is 0 Å². The van der Waals surface area contributed by atoms with Crippen LogP contribution in [-0.2, 0) is 6.42 Å². The Hall–Kier alpha value is -2.04. The zero-order valence-corrected chi connectivity index (χ0v) is 12.8. The van der Waals surface area contributed by atoms with Gasteiger partial charge in [-0.1, -0.05) is 31.9 Å². The van der Waals surface area contributed by atoms with Crippen molar-refractivity contribution in [1.82, 2.24) is 10.2 Å². The average Bonchev–Trinajstić information content (AvgIpc) is 2.47. The van der Waals surface area contributed by atoms with E-state index in [2.05, 4.69) is 12.2 Å². The largest absolute Gasteiger partial charge is 0.478 e. The molecule has 0 bridgehead atoms. The third-order valence-corrected chi connectivity index (χ3v) is 3.31. The fraction of sp³-hybridized carbons (Fsp3) is 0.500. The Morgan fingerprint density at radius 3 is 2.71 bits per heavy atom. The van der Waals surface area contributed by atoms with Gasteiger partial charge in [-0.25, -0.2) is 9.59 Å². The number of benzene rings is 1. The van der Waals surface area contributed by atoms with Gasteiger partial charge in [0.1, 0.15) is 0 Å². The molecule has 0 saturated heterocycles. The number of carbonyl (C=O) groups excluding carboxylic acids is 1. The molecule has 0 aliphatic rings. The van der Waals surface area contributed by atoms with Crippen LogP contribution in [0.2, 0.25) is 0 Å². The standard InChI is InChI=1S/C16H24N2O3/c1-3-4-5-11-18(2)16(21)17-10-9-13-7-6-8-14(12-13)15(19)20/h6-8,12H,3-5,9-11H2,1-2H3,(H,17,21)(H,19,20). The molecule has 2 amide bonds. The monoisotopic (exact) mass is 292 g/mol. The first-order chi connectivity index (χ1) is 10.0. The maximum absolute atomic E-state index is 11.8. The highest BCUT2D eigenvalue weighted by molar-refractivity contribution is 5.87. The van der Waals surface area contributed by atoms with Gasteiger partial charge in [-0.15, -0.1) is 0 Å². The zero-order valence-electron chi connectivity index (χ0n) is 12.8. The van der Waals surface area contributed by atoms with E-state index < -0.39 is 5.97 Å². The molecule has 5 nitrogen and oxygen atoms in total. The van der Waals surface area contributed by atoms with Crippen LogP contribution in [0.25, 0.3) is 0 Å². The van der Waals surface area contributed by atoms with E-state index in [0.29, 0.717) is 13.0 Å². The zero-order chi connectivity index (χ0) is 15.7. The van der Waals surface area contributed by atoms with E-state index in [1.807, 2.05) is 6.07 Å². The highest BCUT2D eigenvalue weighted by Gasteiger charge is 2.07. The summed E-state index contributed by atoms with van der Waals surface area (Å²) in [5, 5.41) is 11.8. The molecular weight excluding hydrogens is 268 g/mol. The van der Waals surface area contributed by atoms with Crippen molar-refractivity contribution >= 4 is 12.0 Å². The Balaban J connectivity index is 2.34. The molecule has 0 heterocycles. The van der Waals surface area contributed by atoms with Crippen LogP contribution < -0.4 is 5.32 Å². The van der Waals surface area contributed by atoms with Gasteiger partial charge in [0.2, 0.25) is 0 Å². The van der Waals surface area contributed by atoms with Crippen molar-refractivity contribution in [2.45, 2.75) is 32.6 Å². The predicted molar refractivity (Wildman–Crippen MR) is 82.7 cm³/mol. The Morgan fingerprint density at radius 2 is 2.05 bits per heavy atom. The molecule has 0 radical (unpaired) electrons. The van der Waals surface area contributed by atoms with E-state index in [1.165, 1.54) is 0 Å². The van der Waals surface area contributed by atoms with Crippen LogP contribution in [0, 0.1) is 0 Å². The van der Waals surface area contributed by atoms with Crippen molar-refractivity contribution in [3.63, 3.8) is 0 Å². The van der Waals surface area contributed by atoms with Crippen molar-refractivity contribution < 1.29 is 14.7 Å². The SMILES string of the molecule is CCCCCN(C)C(=O)NCCc1cccc(C(=O)O)c1. The minimum atomic E-state index is -0.934. The summed E-state index contributed by atoms with van der Waals surface area (Å²) in [5.74, 6) is -0.934. The summed E-state index contributed by atoms with van der Waals surface area (Å²) >= 11 is 0. The van der Waals surface area contributed by atoms with Gasteiger partial charge in [0.25, 0.3) is 0 Å². The first-order valence-corrected chi connectivity index (χ1v) is 7.35. The van der Waals surface area contributed by atoms with Crippen molar-refractivity contribution in [2.24, 2.45) is 0 Å². The first-order valence-electron chi connectivity index (χ1n) is 7.35. The fourth-order valence-corrected chi connectivity index (χ4v) is 2.01. The van der Waals surface area contributed by atoms with Crippen LogP contribution in [0.4, 0.5) is 4.79 Å². The molecule has 0 spiro atoms. The topological polar surface area (TPSA) is 69.6 Å². The predicted octanol–water partition coefficient (Wildman–Crippen LogP) is 2.76.